The van der Waals surface area contributed by atoms with Crippen LogP contribution in [0.25, 0.3) is 0 Å². The molecule has 1 aliphatic rings. The number of oxazole rings is 1. The van der Waals surface area contributed by atoms with E-state index in [0.29, 0.717) is 5.92 Å². The summed E-state index contributed by atoms with van der Waals surface area (Å²) in [5.74, 6) is 2.68. The Morgan fingerprint density at radius 1 is 1.38 bits per heavy atom. The van der Waals surface area contributed by atoms with E-state index in [1.165, 1.54) is 32.1 Å². The first-order valence-corrected chi connectivity index (χ1v) is 6.49. The molecule has 0 aromatic carbocycles. The van der Waals surface area contributed by atoms with E-state index in [0.717, 1.165) is 31.0 Å². The van der Waals surface area contributed by atoms with Crippen LogP contribution < -0.4 is 5.32 Å². The van der Waals surface area contributed by atoms with Gasteiger partial charge in [-0.25, -0.2) is 4.98 Å². The molecule has 16 heavy (non-hydrogen) atoms. The van der Waals surface area contributed by atoms with Crippen molar-refractivity contribution in [1.82, 2.24) is 10.3 Å². The minimum Gasteiger partial charge on any atom is -0.445 e. The standard InChI is InChI=1S/C13H22N2O/c1-14-9-5-8-13-15-10-12(16-13)11-6-3-2-4-7-11/h10-11,14H,2-9H2,1H3. The van der Waals surface area contributed by atoms with E-state index in [-0.39, 0.29) is 0 Å². The molecule has 1 heterocycles. The Bertz CT molecular complexity index is 303. The minimum atomic E-state index is 0.638. The summed E-state index contributed by atoms with van der Waals surface area (Å²) in [7, 11) is 1.98. The largest absolute Gasteiger partial charge is 0.445 e. The lowest BCUT2D eigenvalue weighted by molar-refractivity contribution is 0.358. The van der Waals surface area contributed by atoms with Crippen molar-refractivity contribution in [2.75, 3.05) is 13.6 Å². The second-order valence-electron chi connectivity index (χ2n) is 4.70. The molecule has 0 aliphatic heterocycles. The van der Waals surface area contributed by atoms with Gasteiger partial charge in [-0.05, 0) is 32.9 Å². The monoisotopic (exact) mass is 222 g/mol. The van der Waals surface area contributed by atoms with Crippen LogP contribution in [0.15, 0.2) is 10.6 Å². The molecule has 0 spiro atoms. The molecule has 90 valence electrons. The summed E-state index contributed by atoms with van der Waals surface area (Å²) in [5.41, 5.74) is 0. The summed E-state index contributed by atoms with van der Waals surface area (Å²) >= 11 is 0. The normalized spacial score (nSPS) is 17.8. The topological polar surface area (TPSA) is 38.1 Å². The van der Waals surface area contributed by atoms with Crippen LogP contribution in [0.2, 0.25) is 0 Å². The SMILES string of the molecule is CNCCCc1ncc(C2CCCCC2)o1. The Hall–Kier alpha value is -0.830. The van der Waals surface area contributed by atoms with Crippen molar-refractivity contribution in [3.63, 3.8) is 0 Å². The fourth-order valence-corrected chi connectivity index (χ4v) is 2.43. The predicted molar refractivity (Wildman–Crippen MR) is 64.6 cm³/mol. The molecular formula is C13H22N2O. The molecule has 0 amide bonds. The van der Waals surface area contributed by atoms with Crippen molar-refractivity contribution >= 4 is 0 Å². The second kappa shape index (κ2) is 6.04. The fraction of sp³-hybridized carbons (Fsp3) is 0.769. The van der Waals surface area contributed by atoms with E-state index in [1.54, 1.807) is 0 Å². The summed E-state index contributed by atoms with van der Waals surface area (Å²) in [6.07, 6.45) is 10.6. The Kier molecular flexibility index (Phi) is 4.40. The van der Waals surface area contributed by atoms with Gasteiger partial charge < -0.3 is 9.73 Å². The molecule has 3 nitrogen and oxygen atoms in total. The molecule has 2 rings (SSSR count). The van der Waals surface area contributed by atoms with Gasteiger partial charge in [-0.1, -0.05) is 19.3 Å². The summed E-state index contributed by atoms with van der Waals surface area (Å²) in [6.45, 7) is 1.03. The molecule has 1 aliphatic carbocycles. The van der Waals surface area contributed by atoms with Gasteiger partial charge in [-0.2, -0.15) is 0 Å². The first kappa shape index (κ1) is 11.6. The molecular weight excluding hydrogens is 200 g/mol. The zero-order valence-corrected chi connectivity index (χ0v) is 10.2. The third-order valence-corrected chi connectivity index (χ3v) is 3.40. The average Bonchev–Trinajstić information content (AvgIpc) is 2.79. The fourth-order valence-electron chi connectivity index (χ4n) is 2.43. The highest BCUT2D eigenvalue weighted by atomic mass is 16.4. The van der Waals surface area contributed by atoms with Crippen LogP contribution in [-0.2, 0) is 6.42 Å². The predicted octanol–water partition coefficient (Wildman–Crippen LogP) is 2.87. The number of hydrogen-bond donors (Lipinski definition) is 1. The quantitative estimate of drug-likeness (QED) is 0.778. The van der Waals surface area contributed by atoms with E-state index in [2.05, 4.69) is 10.3 Å². The van der Waals surface area contributed by atoms with Gasteiger partial charge >= 0.3 is 0 Å². The lowest BCUT2D eigenvalue weighted by atomic mass is 9.88. The molecule has 1 aromatic heterocycles. The third kappa shape index (κ3) is 3.08. The Morgan fingerprint density at radius 2 is 2.19 bits per heavy atom. The molecule has 1 aromatic rings. The highest BCUT2D eigenvalue weighted by Crippen LogP contribution is 2.32. The number of hydrogen-bond acceptors (Lipinski definition) is 3. The van der Waals surface area contributed by atoms with E-state index in [9.17, 15) is 0 Å². The molecule has 0 bridgehead atoms. The van der Waals surface area contributed by atoms with Crippen LogP contribution in [0.5, 0.6) is 0 Å². The molecule has 0 unspecified atom stereocenters. The van der Waals surface area contributed by atoms with E-state index in [4.69, 9.17) is 4.42 Å². The zero-order valence-electron chi connectivity index (χ0n) is 10.2. The van der Waals surface area contributed by atoms with E-state index >= 15 is 0 Å². The average molecular weight is 222 g/mol. The van der Waals surface area contributed by atoms with Crippen LogP contribution in [-0.4, -0.2) is 18.6 Å². The summed E-state index contributed by atoms with van der Waals surface area (Å²) in [6, 6.07) is 0. The summed E-state index contributed by atoms with van der Waals surface area (Å²) in [4.78, 5) is 4.37. The molecule has 0 radical (unpaired) electrons. The molecule has 3 heteroatoms. The summed E-state index contributed by atoms with van der Waals surface area (Å²) < 4.78 is 5.83. The minimum absolute atomic E-state index is 0.638. The molecule has 1 fully saturated rings. The van der Waals surface area contributed by atoms with Gasteiger partial charge in [0.2, 0.25) is 0 Å². The van der Waals surface area contributed by atoms with Crippen molar-refractivity contribution in [1.29, 1.82) is 0 Å². The number of nitrogens with zero attached hydrogens (tertiary/aromatic N) is 1. The van der Waals surface area contributed by atoms with Crippen LogP contribution in [0.4, 0.5) is 0 Å². The highest BCUT2D eigenvalue weighted by Gasteiger charge is 2.19. The molecule has 1 N–H and O–H groups in total. The summed E-state index contributed by atoms with van der Waals surface area (Å²) in [5, 5.41) is 3.14. The van der Waals surface area contributed by atoms with Crippen molar-refractivity contribution < 1.29 is 4.42 Å². The van der Waals surface area contributed by atoms with Crippen LogP contribution in [0.3, 0.4) is 0 Å². The maximum Gasteiger partial charge on any atom is 0.194 e. The van der Waals surface area contributed by atoms with Gasteiger partial charge in [0.05, 0.1) is 6.20 Å². The Balaban J connectivity index is 1.85. The van der Waals surface area contributed by atoms with Gasteiger partial charge in [-0.3, -0.25) is 0 Å². The van der Waals surface area contributed by atoms with Gasteiger partial charge in [0.1, 0.15) is 5.76 Å². The van der Waals surface area contributed by atoms with E-state index < -0.39 is 0 Å². The van der Waals surface area contributed by atoms with Crippen LogP contribution in [0, 0.1) is 0 Å². The van der Waals surface area contributed by atoms with Gasteiger partial charge in [-0.15, -0.1) is 0 Å². The lowest BCUT2D eigenvalue weighted by Gasteiger charge is -2.18. The van der Waals surface area contributed by atoms with Crippen LogP contribution >= 0.6 is 0 Å². The number of aryl methyl sites for hydroxylation is 1. The van der Waals surface area contributed by atoms with Crippen molar-refractivity contribution in [3.8, 4) is 0 Å². The van der Waals surface area contributed by atoms with Crippen molar-refractivity contribution in [2.45, 2.75) is 50.9 Å². The van der Waals surface area contributed by atoms with Crippen LogP contribution in [0.1, 0.15) is 56.1 Å². The Labute approximate surface area is 97.6 Å². The smallest absolute Gasteiger partial charge is 0.194 e. The van der Waals surface area contributed by atoms with Gasteiger partial charge in [0.25, 0.3) is 0 Å². The number of rotatable bonds is 5. The molecule has 0 saturated heterocycles. The maximum atomic E-state index is 5.83. The van der Waals surface area contributed by atoms with Crippen molar-refractivity contribution in [2.24, 2.45) is 0 Å². The van der Waals surface area contributed by atoms with E-state index in [1.807, 2.05) is 13.2 Å². The molecule has 1 saturated carbocycles. The number of nitrogens with one attached hydrogen (secondary N) is 1. The third-order valence-electron chi connectivity index (χ3n) is 3.40. The second-order valence-corrected chi connectivity index (χ2v) is 4.70. The highest BCUT2D eigenvalue weighted by molar-refractivity contribution is 5.03. The maximum absolute atomic E-state index is 5.83. The lowest BCUT2D eigenvalue weighted by Crippen LogP contribution is -2.08. The Morgan fingerprint density at radius 3 is 2.94 bits per heavy atom. The molecule has 0 atom stereocenters. The number of aromatic nitrogens is 1. The van der Waals surface area contributed by atoms with Gasteiger partial charge in [0, 0.05) is 12.3 Å². The van der Waals surface area contributed by atoms with Gasteiger partial charge in [0.15, 0.2) is 5.89 Å². The zero-order chi connectivity index (χ0) is 11.2. The van der Waals surface area contributed by atoms with Crippen molar-refractivity contribution in [3.05, 3.63) is 17.8 Å². The first-order valence-electron chi connectivity index (χ1n) is 6.49. The first-order chi connectivity index (χ1) is 7.90.